The third-order valence-electron chi connectivity index (χ3n) is 6.17. The summed E-state index contributed by atoms with van der Waals surface area (Å²) in [6.07, 6.45) is 30.9. The summed E-state index contributed by atoms with van der Waals surface area (Å²) >= 11 is 0. The van der Waals surface area contributed by atoms with Crippen molar-refractivity contribution < 1.29 is 0 Å². The van der Waals surface area contributed by atoms with Gasteiger partial charge in [-0.3, -0.25) is 0 Å². The third kappa shape index (κ3) is 23.7. The van der Waals surface area contributed by atoms with Crippen LogP contribution < -0.4 is 0 Å². The van der Waals surface area contributed by atoms with Crippen molar-refractivity contribution >= 4 is 0 Å². The van der Waals surface area contributed by atoms with Crippen LogP contribution in [0.5, 0.6) is 0 Å². The van der Waals surface area contributed by atoms with E-state index in [2.05, 4.69) is 32.6 Å². The van der Waals surface area contributed by atoms with E-state index in [0.717, 1.165) is 31.6 Å². The Balaban J connectivity index is 3.51. The molecule has 0 fully saturated rings. The van der Waals surface area contributed by atoms with Crippen molar-refractivity contribution in [2.45, 2.75) is 155 Å². The van der Waals surface area contributed by atoms with Gasteiger partial charge in [0.15, 0.2) is 0 Å². The molecule has 0 rings (SSSR count). The Morgan fingerprint density at radius 2 is 0.862 bits per heavy atom. The van der Waals surface area contributed by atoms with Crippen molar-refractivity contribution in [3.8, 4) is 11.8 Å². The Hall–Kier alpha value is -0.440. The molecular formula is C29H54. The Morgan fingerprint density at radius 1 is 0.483 bits per heavy atom. The number of hydrogen-bond donors (Lipinski definition) is 0. The maximum absolute atomic E-state index is 3.95. The molecule has 0 aliphatic rings. The Bertz CT molecular complexity index is 345. The fourth-order valence-electron chi connectivity index (χ4n) is 4.16. The van der Waals surface area contributed by atoms with Gasteiger partial charge < -0.3 is 0 Å². The molecule has 0 heterocycles. The van der Waals surface area contributed by atoms with Gasteiger partial charge in [-0.1, -0.05) is 143 Å². The summed E-state index contributed by atoms with van der Waals surface area (Å²) < 4.78 is 0. The predicted octanol–water partition coefficient (Wildman–Crippen LogP) is 10.3. The molecule has 0 amide bonds. The highest BCUT2D eigenvalue weighted by atomic mass is 14.1. The van der Waals surface area contributed by atoms with Gasteiger partial charge in [-0.2, -0.15) is 0 Å². The second-order valence-electron chi connectivity index (χ2n) is 9.10. The highest BCUT2D eigenvalue weighted by Crippen LogP contribution is 2.23. The molecule has 0 saturated carbocycles. The minimum absolute atomic E-state index is 0.999. The minimum atomic E-state index is 0.999. The monoisotopic (exact) mass is 402 g/mol. The quantitative estimate of drug-likeness (QED) is 0.125. The number of rotatable bonds is 22. The van der Waals surface area contributed by atoms with Gasteiger partial charge in [-0.25, -0.2) is 0 Å². The zero-order chi connectivity index (χ0) is 21.3. The van der Waals surface area contributed by atoms with Crippen LogP contribution in [-0.4, -0.2) is 0 Å². The molecule has 0 aliphatic carbocycles. The van der Waals surface area contributed by atoms with E-state index in [1.54, 1.807) is 0 Å². The highest BCUT2D eigenvalue weighted by Gasteiger charge is 2.08. The molecule has 0 aliphatic heterocycles. The summed E-state index contributed by atoms with van der Waals surface area (Å²) in [6.45, 7) is 10.2. The molecule has 170 valence electrons. The lowest BCUT2D eigenvalue weighted by Gasteiger charge is -2.16. The van der Waals surface area contributed by atoms with Crippen LogP contribution in [0.4, 0.5) is 0 Å². The zero-order valence-corrected chi connectivity index (χ0v) is 20.3. The lowest BCUT2D eigenvalue weighted by Crippen LogP contribution is -2.01. The predicted molar refractivity (Wildman–Crippen MR) is 134 cm³/mol. The Kier molecular flexibility index (Phi) is 25.2. The van der Waals surface area contributed by atoms with Gasteiger partial charge in [0.05, 0.1) is 0 Å². The lowest BCUT2D eigenvalue weighted by molar-refractivity contribution is 0.371. The van der Waals surface area contributed by atoms with E-state index in [4.69, 9.17) is 0 Å². The second kappa shape index (κ2) is 25.6. The molecule has 0 saturated heterocycles. The van der Waals surface area contributed by atoms with Crippen molar-refractivity contribution in [2.24, 2.45) is 5.92 Å². The van der Waals surface area contributed by atoms with Crippen LogP contribution >= 0.6 is 0 Å². The average molecular weight is 403 g/mol. The largest absolute Gasteiger partial charge is 0.103 e. The Morgan fingerprint density at radius 3 is 1.31 bits per heavy atom. The van der Waals surface area contributed by atoms with Gasteiger partial charge in [0.25, 0.3) is 0 Å². The normalized spacial score (nSPS) is 12.0. The fraction of sp³-hybridized carbons (Fsp3) is 0.862. The summed E-state index contributed by atoms with van der Waals surface area (Å²) in [5, 5.41) is 0. The first-order chi connectivity index (χ1) is 14.3. The summed E-state index contributed by atoms with van der Waals surface area (Å²) in [7, 11) is 0. The van der Waals surface area contributed by atoms with E-state index in [0.29, 0.717) is 0 Å². The van der Waals surface area contributed by atoms with Gasteiger partial charge >= 0.3 is 0 Å². The molecule has 1 atom stereocenters. The van der Waals surface area contributed by atoms with Crippen LogP contribution in [0.1, 0.15) is 155 Å². The first kappa shape index (κ1) is 28.6. The lowest BCUT2D eigenvalue weighted by atomic mass is 9.90. The summed E-state index contributed by atoms with van der Waals surface area (Å²) in [6, 6.07) is 0. The van der Waals surface area contributed by atoms with E-state index in [1.165, 1.54) is 122 Å². The first-order valence-corrected chi connectivity index (χ1v) is 13.4. The van der Waals surface area contributed by atoms with Crippen LogP contribution in [0.3, 0.4) is 0 Å². The first-order valence-electron chi connectivity index (χ1n) is 13.4. The molecule has 0 bridgehead atoms. The van der Waals surface area contributed by atoms with Gasteiger partial charge in [0, 0.05) is 12.8 Å². The highest BCUT2D eigenvalue weighted by molar-refractivity contribution is 4.98. The maximum atomic E-state index is 3.95. The Labute approximate surface area is 186 Å². The van der Waals surface area contributed by atoms with E-state index in [1.807, 2.05) is 0 Å². The van der Waals surface area contributed by atoms with Gasteiger partial charge in [-0.15, -0.1) is 11.8 Å². The molecular weight excluding hydrogens is 348 g/mol. The second-order valence-corrected chi connectivity index (χ2v) is 9.10. The average Bonchev–Trinajstić information content (AvgIpc) is 2.73. The van der Waals surface area contributed by atoms with Crippen LogP contribution in [-0.2, 0) is 0 Å². The van der Waals surface area contributed by atoms with Gasteiger partial charge in [0.2, 0.25) is 0 Å². The molecule has 0 aromatic rings. The molecule has 29 heavy (non-hydrogen) atoms. The van der Waals surface area contributed by atoms with Crippen molar-refractivity contribution in [2.75, 3.05) is 0 Å². The summed E-state index contributed by atoms with van der Waals surface area (Å²) in [4.78, 5) is 0. The fourth-order valence-corrected chi connectivity index (χ4v) is 4.16. The molecule has 0 heteroatoms. The molecule has 2 radical (unpaired) electrons. The molecule has 0 nitrogen and oxygen atoms in total. The number of hydrogen-bond acceptors (Lipinski definition) is 0. The third-order valence-corrected chi connectivity index (χ3v) is 6.17. The van der Waals surface area contributed by atoms with E-state index in [-0.39, 0.29) is 0 Å². The topological polar surface area (TPSA) is 0 Å². The SMILES string of the molecule is [CH2]CCCCCCCC#CCCCCCCCC(CCCC)CCCCCC[CH2]. The van der Waals surface area contributed by atoms with E-state index < -0.39 is 0 Å². The molecule has 0 N–H and O–H groups in total. The van der Waals surface area contributed by atoms with Crippen molar-refractivity contribution in [1.82, 2.24) is 0 Å². The summed E-state index contributed by atoms with van der Waals surface area (Å²) in [5.41, 5.74) is 0. The van der Waals surface area contributed by atoms with Crippen molar-refractivity contribution in [3.63, 3.8) is 0 Å². The molecule has 0 spiro atoms. The van der Waals surface area contributed by atoms with Gasteiger partial charge in [-0.05, 0) is 18.8 Å². The van der Waals surface area contributed by atoms with Crippen molar-refractivity contribution in [1.29, 1.82) is 0 Å². The van der Waals surface area contributed by atoms with E-state index in [9.17, 15) is 0 Å². The van der Waals surface area contributed by atoms with Crippen LogP contribution in [0.25, 0.3) is 0 Å². The molecule has 0 aromatic heterocycles. The zero-order valence-electron chi connectivity index (χ0n) is 20.3. The maximum Gasteiger partial charge on any atom is 0.00886 e. The van der Waals surface area contributed by atoms with Crippen LogP contribution in [0.2, 0.25) is 0 Å². The molecule has 1 unspecified atom stereocenters. The number of unbranched alkanes of at least 4 members (excludes halogenated alkanes) is 16. The minimum Gasteiger partial charge on any atom is -0.103 e. The van der Waals surface area contributed by atoms with Crippen LogP contribution in [0, 0.1) is 31.6 Å². The summed E-state index contributed by atoms with van der Waals surface area (Å²) in [5.74, 6) is 7.77. The standard InChI is InChI=1S/C29H54/c1-4-7-10-12-13-14-15-16-17-18-19-20-21-23-25-28-29(26-9-6-3)27-24-22-11-8-5-2/h29H,1-2,4-15,18-28H2,3H3. The van der Waals surface area contributed by atoms with Gasteiger partial charge in [0.1, 0.15) is 0 Å². The molecule has 0 aromatic carbocycles. The smallest absolute Gasteiger partial charge is 0.00886 e. The van der Waals surface area contributed by atoms with Crippen LogP contribution in [0.15, 0.2) is 0 Å². The van der Waals surface area contributed by atoms with Crippen molar-refractivity contribution in [3.05, 3.63) is 13.8 Å². The van der Waals surface area contributed by atoms with E-state index >= 15 is 0 Å².